The third-order valence-electron chi connectivity index (χ3n) is 1.38. The molecule has 2 aromatic heterocycles. The van der Waals surface area contributed by atoms with E-state index in [1.165, 1.54) is 0 Å². The molecule has 0 aliphatic carbocycles. The summed E-state index contributed by atoms with van der Waals surface area (Å²) in [6.07, 6.45) is 0. The summed E-state index contributed by atoms with van der Waals surface area (Å²) in [4.78, 5) is 1.16. The molecule has 0 unspecified atom stereocenters. The van der Waals surface area contributed by atoms with Gasteiger partial charge >= 0.3 is 0 Å². The Morgan fingerprint density at radius 1 is 1.50 bits per heavy atom. The van der Waals surface area contributed by atoms with E-state index in [1.807, 2.05) is 23.6 Å². The predicted molar refractivity (Wildman–Crippen MR) is 53.6 cm³/mol. The number of nitrogens with one attached hydrogen (secondary N) is 1. The van der Waals surface area contributed by atoms with Crippen molar-refractivity contribution in [1.82, 2.24) is 10.2 Å². The Morgan fingerprint density at radius 2 is 2.33 bits per heavy atom. The van der Waals surface area contributed by atoms with Crippen molar-refractivity contribution in [3.8, 4) is 10.6 Å². The van der Waals surface area contributed by atoms with Crippen molar-refractivity contribution in [2.75, 3.05) is 5.73 Å². The van der Waals surface area contributed by atoms with E-state index in [0.717, 1.165) is 10.6 Å². The third-order valence-corrected chi connectivity index (χ3v) is 2.29. The number of nitrogens with zero attached hydrogens (tertiary/aromatic N) is 1. The molecule has 5 heteroatoms. The van der Waals surface area contributed by atoms with E-state index in [1.54, 1.807) is 11.3 Å². The van der Waals surface area contributed by atoms with Crippen molar-refractivity contribution in [3.05, 3.63) is 23.6 Å². The van der Waals surface area contributed by atoms with E-state index < -0.39 is 0 Å². The summed E-state index contributed by atoms with van der Waals surface area (Å²) in [5.41, 5.74) is 6.43. The Balaban J connectivity index is 0.000000720. The molecule has 0 bridgehead atoms. The van der Waals surface area contributed by atoms with Gasteiger partial charge in [-0.2, -0.15) is 5.10 Å². The Labute approximate surface area is 80.0 Å². The van der Waals surface area contributed by atoms with Crippen LogP contribution in [0.4, 0.5) is 5.82 Å². The first-order valence-corrected chi connectivity index (χ1v) is 4.09. The maximum atomic E-state index is 5.45. The maximum Gasteiger partial charge on any atom is 0.145 e. The van der Waals surface area contributed by atoms with Gasteiger partial charge in [-0.1, -0.05) is 6.07 Å². The van der Waals surface area contributed by atoms with Crippen molar-refractivity contribution in [2.45, 2.75) is 0 Å². The van der Waals surface area contributed by atoms with Gasteiger partial charge in [0.05, 0.1) is 10.6 Å². The normalized spacial score (nSPS) is 9.33. The van der Waals surface area contributed by atoms with Crippen LogP contribution in [0.15, 0.2) is 23.6 Å². The van der Waals surface area contributed by atoms with E-state index in [0.29, 0.717) is 5.82 Å². The van der Waals surface area contributed by atoms with Crippen LogP contribution < -0.4 is 5.73 Å². The van der Waals surface area contributed by atoms with Crippen molar-refractivity contribution < 1.29 is 0 Å². The number of rotatable bonds is 1. The molecule has 0 spiro atoms. The van der Waals surface area contributed by atoms with Gasteiger partial charge < -0.3 is 5.73 Å². The molecule has 12 heavy (non-hydrogen) atoms. The first kappa shape index (κ1) is 9.09. The summed E-state index contributed by atoms with van der Waals surface area (Å²) in [7, 11) is 0. The van der Waals surface area contributed by atoms with Crippen molar-refractivity contribution in [1.29, 1.82) is 0 Å². The molecule has 0 aliphatic rings. The van der Waals surface area contributed by atoms with Crippen molar-refractivity contribution in [2.24, 2.45) is 0 Å². The summed E-state index contributed by atoms with van der Waals surface area (Å²) in [6, 6.07) is 5.85. The first-order valence-electron chi connectivity index (χ1n) is 3.21. The zero-order valence-electron chi connectivity index (χ0n) is 6.15. The minimum absolute atomic E-state index is 0. The lowest BCUT2D eigenvalue weighted by atomic mass is 10.3. The van der Waals surface area contributed by atoms with Crippen LogP contribution in [0.3, 0.4) is 0 Å². The van der Waals surface area contributed by atoms with Gasteiger partial charge in [0.25, 0.3) is 0 Å². The van der Waals surface area contributed by atoms with Gasteiger partial charge in [0, 0.05) is 6.07 Å². The molecule has 0 fully saturated rings. The second-order valence-electron chi connectivity index (χ2n) is 2.18. The van der Waals surface area contributed by atoms with Crippen LogP contribution in [-0.4, -0.2) is 10.2 Å². The second-order valence-corrected chi connectivity index (χ2v) is 3.13. The number of nitrogens with two attached hydrogens (primary N) is 1. The molecular formula is C7H8ClN3S. The molecular weight excluding hydrogens is 194 g/mol. The average molecular weight is 202 g/mol. The lowest BCUT2D eigenvalue weighted by molar-refractivity contribution is 1.11. The van der Waals surface area contributed by atoms with Crippen LogP contribution in [0.25, 0.3) is 10.6 Å². The zero-order valence-corrected chi connectivity index (χ0v) is 7.78. The molecule has 2 aromatic rings. The number of aromatic amines is 1. The minimum atomic E-state index is 0. The fraction of sp³-hybridized carbons (Fsp3) is 0. The molecule has 0 aromatic carbocycles. The van der Waals surface area contributed by atoms with Gasteiger partial charge in [-0.25, -0.2) is 0 Å². The fourth-order valence-electron chi connectivity index (χ4n) is 0.895. The minimum Gasteiger partial charge on any atom is -0.382 e. The Morgan fingerprint density at radius 3 is 2.83 bits per heavy atom. The van der Waals surface area contributed by atoms with Gasteiger partial charge in [0.2, 0.25) is 0 Å². The standard InChI is InChI=1S/C7H7N3S.ClH/c8-7-4-5(9-10-7)6-2-1-3-11-6;/h1-4H,(H3,8,9,10);1H. The highest BCUT2D eigenvalue weighted by Crippen LogP contribution is 2.23. The molecule has 2 heterocycles. The van der Waals surface area contributed by atoms with Crippen LogP contribution in [0, 0.1) is 0 Å². The molecule has 0 aliphatic heterocycles. The molecule has 0 amide bonds. The maximum absolute atomic E-state index is 5.45. The van der Waals surface area contributed by atoms with E-state index in [2.05, 4.69) is 10.2 Å². The molecule has 3 N–H and O–H groups in total. The van der Waals surface area contributed by atoms with Gasteiger partial charge in [-0.05, 0) is 11.4 Å². The van der Waals surface area contributed by atoms with Gasteiger partial charge in [-0.3, -0.25) is 5.10 Å². The van der Waals surface area contributed by atoms with Crippen LogP contribution in [0.1, 0.15) is 0 Å². The largest absolute Gasteiger partial charge is 0.382 e. The third kappa shape index (κ3) is 1.60. The lowest BCUT2D eigenvalue weighted by Gasteiger charge is -1.85. The molecule has 2 rings (SSSR count). The van der Waals surface area contributed by atoms with Crippen LogP contribution in [-0.2, 0) is 0 Å². The quantitative estimate of drug-likeness (QED) is 0.743. The highest BCUT2D eigenvalue weighted by Gasteiger charge is 2.00. The van der Waals surface area contributed by atoms with Gasteiger partial charge in [-0.15, -0.1) is 23.7 Å². The summed E-state index contributed by atoms with van der Waals surface area (Å²) in [5.74, 6) is 0.536. The molecule has 0 radical (unpaired) electrons. The highest BCUT2D eigenvalue weighted by molar-refractivity contribution is 7.13. The van der Waals surface area contributed by atoms with Crippen LogP contribution in [0.2, 0.25) is 0 Å². The number of aromatic nitrogens is 2. The van der Waals surface area contributed by atoms with Gasteiger partial charge in [0.15, 0.2) is 0 Å². The lowest BCUT2D eigenvalue weighted by Crippen LogP contribution is -1.81. The number of halogens is 1. The van der Waals surface area contributed by atoms with E-state index in [-0.39, 0.29) is 12.4 Å². The summed E-state index contributed by atoms with van der Waals surface area (Å²) in [6.45, 7) is 0. The summed E-state index contributed by atoms with van der Waals surface area (Å²) >= 11 is 1.66. The SMILES string of the molecule is Cl.Nc1cc(-c2cccs2)[nH]n1. The van der Waals surface area contributed by atoms with Crippen LogP contribution in [0.5, 0.6) is 0 Å². The Kier molecular flexibility index (Phi) is 2.73. The average Bonchev–Trinajstić information content (AvgIpc) is 2.55. The molecule has 0 saturated heterocycles. The van der Waals surface area contributed by atoms with E-state index in [4.69, 9.17) is 5.73 Å². The number of anilines is 1. The Hall–Kier alpha value is -1.00. The summed E-state index contributed by atoms with van der Waals surface area (Å²) in [5, 5.41) is 8.70. The number of thiophene rings is 1. The summed E-state index contributed by atoms with van der Waals surface area (Å²) < 4.78 is 0. The number of hydrogen-bond donors (Lipinski definition) is 2. The highest BCUT2D eigenvalue weighted by atomic mass is 35.5. The molecule has 0 saturated carbocycles. The smallest absolute Gasteiger partial charge is 0.145 e. The van der Waals surface area contributed by atoms with Gasteiger partial charge in [0.1, 0.15) is 5.82 Å². The Bertz CT molecular complexity index is 341. The number of nitrogen functional groups attached to an aromatic ring is 1. The van der Waals surface area contributed by atoms with Crippen LogP contribution >= 0.6 is 23.7 Å². The molecule has 3 nitrogen and oxygen atoms in total. The van der Waals surface area contributed by atoms with E-state index >= 15 is 0 Å². The predicted octanol–water partition coefficient (Wildman–Crippen LogP) is 2.14. The number of hydrogen-bond acceptors (Lipinski definition) is 3. The topological polar surface area (TPSA) is 54.7 Å². The zero-order chi connectivity index (χ0) is 7.68. The van der Waals surface area contributed by atoms with E-state index in [9.17, 15) is 0 Å². The second kappa shape index (κ2) is 3.60. The van der Waals surface area contributed by atoms with Crippen molar-refractivity contribution in [3.63, 3.8) is 0 Å². The number of H-pyrrole nitrogens is 1. The molecule has 0 atom stereocenters. The fourth-order valence-corrected chi connectivity index (χ4v) is 1.59. The van der Waals surface area contributed by atoms with Crippen molar-refractivity contribution >= 4 is 29.6 Å². The monoisotopic (exact) mass is 201 g/mol. The first-order chi connectivity index (χ1) is 5.36. The molecule has 64 valence electrons.